The van der Waals surface area contributed by atoms with E-state index in [4.69, 9.17) is 0 Å². The molecule has 1 aromatic carbocycles. The molecular weight excluding hydrogens is 328 g/mol. The Bertz CT molecular complexity index is 622. The molecule has 0 saturated carbocycles. The van der Waals surface area contributed by atoms with Crippen molar-refractivity contribution in [2.45, 2.75) is 91.6 Å². The SMILES string of the molecule is CCCC=CC[C@H]1C(C)C(C)=C(C)[C@@H]1c1ccc(C(O)CCCCC)cc1. The molecule has 2 unspecified atom stereocenters. The third-order valence-electron chi connectivity index (χ3n) is 6.63. The average Bonchev–Trinajstić information content (AvgIpc) is 2.89. The predicted molar refractivity (Wildman–Crippen MR) is 118 cm³/mol. The molecule has 1 N–H and O–H groups in total. The topological polar surface area (TPSA) is 20.2 Å². The van der Waals surface area contributed by atoms with Crippen LogP contribution in [0.3, 0.4) is 0 Å². The van der Waals surface area contributed by atoms with E-state index in [1.54, 1.807) is 11.1 Å². The van der Waals surface area contributed by atoms with Crippen molar-refractivity contribution in [3.05, 3.63) is 58.7 Å². The summed E-state index contributed by atoms with van der Waals surface area (Å²) in [6.45, 7) is 11.5. The van der Waals surface area contributed by atoms with Crippen molar-refractivity contribution in [1.82, 2.24) is 0 Å². The quantitative estimate of drug-likeness (QED) is 0.331. The van der Waals surface area contributed by atoms with Crippen LogP contribution in [0.15, 0.2) is 47.6 Å². The summed E-state index contributed by atoms with van der Waals surface area (Å²) in [6.07, 6.45) is 12.4. The highest BCUT2D eigenvalue weighted by Gasteiger charge is 2.36. The standard InChI is InChI=1S/C26H40O/c1-6-8-10-12-13-24-20(4)19(3)21(5)26(24)23-17-15-22(16-18-23)25(27)14-11-9-7-2/h10,12,15-18,20,24-27H,6-9,11,13-14H2,1-5H3/t20?,24-,25?,26+/m0/s1. The highest BCUT2D eigenvalue weighted by Crippen LogP contribution is 2.49. The summed E-state index contributed by atoms with van der Waals surface area (Å²) in [6, 6.07) is 8.84. The van der Waals surface area contributed by atoms with Crippen molar-refractivity contribution in [2.24, 2.45) is 11.8 Å². The zero-order valence-corrected chi connectivity index (χ0v) is 18.2. The highest BCUT2D eigenvalue weighted by molar-refractivity contribution is 5.39. The minimum Gasteiger partial charge on any atom is -0.388 e. The largest absolute Gasteiger partial charge is 0.388 e. The number of unbranched alkanes of at least 4 members (excludes halogenated alkanes) is 3. The van der Waals surface area contributed by atoms with E-state index < -0.39 is 0 Å². The molecule has 2 rings (SSSR count). The van der Waals surface area contributed by atoms with Gasteiger partial charge in [-0.05, 0) is 56.1 Å². The maximum absolute atomic E-state index is 10.4. The fourth-order valence-corrected chi connectivity index (χ4v) is 4.59. The van der Waals surface area contributed by atoms with Crippen LogP contribution in [0.4, 0.5) is 0 Å². The van der Waals surface area contributed by atoms with Crippen molar-refractivity contribution < 1.29 is 5.11 Å². The van der Waals surface area contributed by atoms with Gasteiger partial charge in [-0.15, -0.1) is 0 Å². The van der Waals surface area contributed by atoms with E-state index in [0.29, 0.717) is 17.8 Å². The van der Waals surface area contributed by atoms with Crippen LogP contribution in [0.5, 0.6) is 0 Å². The van der Waals surface area contributed by atoms with E-state index in [9.17, 15) is 5.11 Å². The first-order valence-electron chi connectivity index (χ1n) is 11.1. The van der Waals surface area contributed by atoms with Crippen LogP contribution in [0.25, 0.3) is 0 Å². The maximum Gasteiger partial charge on any atom is 0.0790 e. The normalized spacial score (nSPS) is 24.1. The van der Waals surface area contributed by atoms with Gasteiger partial charge in [0.1, 0.15) is 0 Å². The first-order chi connectivity index (χ1) is 13.0. The molecule has 4 atom stereocenters. The molecule has 1 nitrogen and oxygen atoms in total. The van der Waals surface area contributed by atoms with Crippen LogP contribution < -0.4 is 0 Å². The molecule has 27 heavy (non-hydrogen) atoms. The molecule has 0 saturated heterocycles. The lowest BCUT2D eigenvalue weighted by molar-refractivity contribution is 0.163. The van der Waals surface area contributed by atoms with Crippen LogP contribution in [0, 0.1) is 11.8 Å². The van der Waals surface area contributed by atoms with E-state index in [-0.39, 0.29) is 6.10 Å². The summed E-state index contributed by atoms with van der Waals surface area (Å²) in [5, 5.41) is 10.4. The van der Waals surface area contributed by atoms with Gasteiger partial charge >= 0.3 is 0 Å². The van der Waals surface area contributed by atoms with Crippen molar-refractivity contribution in [3.63, 3.8) is 0 Å². The van der Waals surface area contributed by atoms with Gasteiger partial charge < -0.3 is 5.11 Å². The van der Waals surface area contributed by atoms with Crippen LogP contribution in [0.2, 0.25) is 0 Å². The summed E-state index contributed by atoms with van der Waals surface area (Å²) >= 11 is 0. The Hall–Kier alpha value is -1.34. The minimum atomic E-state index is -0.320. The lowest BCUT2D eigenvalue weighted by atomic mass is 9.79. The van der Waals surface area contributed by atoms with Gasteiger partial charge in [0.2, 0.25) is 0 Å². The third kappa shape index (κ3) is 5.57. The van der Waals surface area contributed by atoms with Crippen molar-refractivity contribution in [2.75, 3.05) is 0 Å². The Morgan fingerprint density at radius 3 is 2.30 bits per heavy atom. The Labute approximate surface area is 167 Å². The van der Waals surface area contributed by atoms with Crippen LogP contribution in [0.1, 0.15) is 103 Å². The molecule has 0 amide bonds. The Morgan fingerprint density at radius 2 is 1.67 bits per heavy atom. The summed E-state index contributed by atoms with van der Waals surface area (Å²) in [7, 11) is 0. The number of aliphatic hydroxyl groups is 1. The van der Waals surface area contributed by atoms with Crippen molar-refractivity contribution >= 4 is 0 Å². The lowest BCUT2D eigenvalue weighted by Gasteiger charge is -2.25. The Kier molecular flexibility index (Phi) is 8.83. The molecule has 150 valence electrons. The zero-order chi connectivity index (χ0) is 19.8. The van der Waals surface area contributed by atoms with Gasteiger partial charge in [-0.1, -0.05) is 94.0 Å². The smallest absolute Gasteiger partial charge is 0.0790 e. The Balaban J connectivity index is 2.13. The maximum atomic E-state index is 10.4. The number of hydrogen-bond acceptors (Lipinski definition) is 1. The van der Waals surface area contributed by atoms with Gasteiger partial charge in [0.05, 0.1) is 6.10 Å². The fourth-order valence-electron chi connectivity index (χ4n) is 4.59. The number of aliphatic hydroxyl groups excluding tert-OH is 1. The molecule has 0 aromatic heterocycles. The molecule has 0 fully saturated rings. The molecule has 1 aliphatic carbocycles. The van der Waals surface area contributed by atoms with E-state index in [0.717, 1.165) is 24.8 Å². The minimum absolute atomic E-state index is 0.320. The zero-order valence-electron chi connectivity index (χ0n) is 18.2. The van der Waals surface area contributed by atoms with Gasteiger partial charge in [0.25, 0.3) is 0 Å². The molecular formula is C26H40O. The number of benzene rings is 1. The average molecular weight is 369 g/mol. The number of hydrogen-bond donors (Lipinski definition) is 1. The van der Waals surface area contributed by atoms with Crippen molar-refractivity contribution in [3.8, 4) is 0 Å². The highest BCUT2D eigenvalue weighted by atomic mass is 16.3. The lowest BCUT2D eigenvalue weighted by Crippen LogP contribution is -2.14. The van der Waals surface area contributed by atoms with Crippen LogP contribution in [-0.2, 0) is 0 Å². The van der Waals surface area contributed by atoms with Crippen LogP contribution >= 0.6 is 0 Å². The van der Waals surface area contributed by atoms with E-state index >= 15 is 0 Å². The van der Waals surface area contributed by atoms with Crippen molar-refractivity contribution in [1.29, 1.82) is 0 Å². The summed E-state index contributed by atoms with van der Waals surface area (Å²) < 4.78 is 0. The molecule has 1 aromatic rings. The monoisotopic (exact) mass is 368 g/mol. The molecule has 1 aliphatic rings. The van der Waals surface area contributed by atoms with Crippen LogP contribution in [-0.4, -0.2) is 5.11 Å². The van der Waals surface area contributed by atoms with Gasteiger partial charge in [0.15, 0.2) is 0 Å². The third-order valence-corrected chi connectivity index (χ3v) is 6.63. The second-order valence-corrected chi connectivity index (χ2v) is 8.47. The number of rotatable bonds is 10. The second kappa shape index (κ2) is 10.9. The molecule has 0 aliphatic heterocycles. The van der Waals surface area contributed by atoms with Gasteiger partial charge in [0, 0.05) is 5.92 Å². The molecule has 0 spiro atoms. The fraction of sp³-hybridized carbons (Fsp3) is 0.615. The molecule has 0 radical (unpaired) electrons. The molecule has 0 bridgehead atoms. The second-order valence-electron chi connectivity index (χ2n) is 8.47. The summed E-state index contributed by atoms with van der Waals surface area (Å²) in [5.41, 5.74) is 5.60. The molecule has 0 heterocycles. The predicted octanol–water partition coefficient (Wildman–Crippen LogP) is 7.73. The first-order valence-corrected chi connectivity index (χ1v) is 11.1. The summed E-state index contributed by atoms with van der Waals surface area (Å²) in [4.78, 5) is 0. The Morgan fingerprint density at radius 1 is 0.963 bits per heavy atom. The first kappa shape index (κ1) is 22.0. The van der Waals surface area contributed by atoms with E-state index in [1.807, 2.05) is 0 Å². The summed E-state index contributed by atoms with van der Waals surface area (Å²) in [5.74, 6) is 1.80. The van der Waals surface area contributed by atoms with E-state index in [1.165, 1.54) is 31.2 Å². The molecule has 1 heteroatoms. The van der Waals surface area contributed by atoms with Gasteiger partial charge in [-0.3, -0.25) is 0 Å². The number of allylic oxidation sites excluding steroid dienone is 4. The van der Waals surface area contributed by atoms with Gasteiger partial charge in [-0.25, -0.2) is 0 Å². The van der Waals surface area contributed by atoms with Gasteiger partial charge in [-0.2, -0.15) is 0 Å². The van der Waals surface area contributed by atoms with E-state index in [2.05, 4.69) is 71.0 Å².